The van der Waals surface area contributed by atoms with Crippen LogP contribution in [0.4, 0.5) is 0 Å². The van der Waals surface area contributed by atoms with Crippen molar-refractivity contribution in [1.82, 2.24) is 0 Å². The molecular formula is C12H19Br5O2. The lowest BCUT2D eigenvalue weighted by molar-refractivity contribution is -0.111. The van der Waals surface area contributed by atoms with Crippen molar-refractivity contribution in [3.8, 4) is 0 Å². The zero-order valence-corrected chi connectivity index (χ0v) is 18.6. The number of halogens is 5. The molecule has 0 aliphatic carbocycles. The summed E-state index contributed by atoms with van der Waals surface area (Å²) >= 11 is 17.9. The van der Waals surface area contributed by atoms with Gasteiger partial charge >= 0.3 is 0 Å². The molecule has 1 rings (SSSR count). The molecule has 1 heterocycles. The molecule has 1 aliphatic heterocycles. The van der Waals surface area contributed by atoms with E-state index in [0.717, 1.165) is 45.3 Å². The minimum Gasteiger partial charge on any atom is -0.353 e. The Kier molecular flexibility index (Phi) is 9.64. The van der Waals surface area contributed by atoms with E-state index >= 15 is 0 Å². The van der Waals surface area contributed by atoms with Crippen molar-refractivity contribution in [1.29, 1.82) is 0 Å². The van der Waals surface area contributed by atoms with Gasteiger partial charge in [0.15, 0.2) is 8.43 Å². The lowest BCUT2D eigenvalue weighted by Crippen LogP contribution is -2.27. The third-order valence-electron chi connectivity index (χ3n) is 2.99. The average Bonchev–Trinajstić information content (AvgIpc) is 2.79. The number of ether oxygens (including phenoxy) is 2. The molecule has 114 valence electrons. The number of hydrogen-bond donors (Lipinski definition) is 0. The molecule has 2 nitrogen and oxygen atoms in total. The molecule has 0 aromatic carbocycles. The van der Waals surface area contributed by atoms with Gasteiger partial charge < -0.3 is 9.47 Å². The van der Waals surface area contributed by atoms with E-state index < -0.39 is 0 Å². The van der Waals surface area contributed by atoms with Crippen LogP contribution in [0.5, 0.6) is 0 Å². The van der Waals surface area contributed by atoms with Crippen LogP contribution in [0.15, 0.2) is 0 Å². The van der Waals surface area contributed by atoms with E-state index in [9.17, 15) is 0 Å². The lowest BCUT2D eigenvalue weighted by Gasteiger charge is -2.29. The van der Waals surface area contributed by atoms with Gasteiger partial charge in [-0.3, -0.25) is 0 Å². The van der Waals surface area contributed by atoms with E-state index in [4.69, 9.17) is 9.47 Å². The summed E-state index contributed by atoms with van der Waals surface area (Å²) in [4.78, 5) is 0. The molecule has 1 unspecified atom stereocenters. The maximum atomic E-state index is 5.64. The molecule has 1 saturated heterocycles. The van der Waals surface area contributed by atoms with Crippen LogP contribution < -0.4 is 0 Å². The lowest BCUT2D eigenvalue weighted by atomic mass is 10.1. The molecule has 0 radical (unpaired) electrons. The van der Waals surface area contributed by atoms with Crippen LogP contribution in [0, 0.1) is 0 Å². The first-order valence-electron chi connectivity index (χ1n) is 6.51. The summed E-state index contributed by atoms with van der Waals surface area (Å²) in [5.41, 5.74) is 0. The van der Waals surface area contributed by atoms with Crippen LogP contribution >= 0.6 is 79.6 Å². The van der Waals surface area contributed by atoms with Gasteiger partial charge in [-0.2, -0.15) is 0 Å². The summed E-state index contributed by atoms with van der Waals surface area (Å²) in [6.45, 7) is 1.67. The summed E-state index contributed by atoms with van der Waals surface area (Å²) in [7, 11) is 0. The van der Waals surface area contributed by atoms with Crippen LogP contribution in [0.2, 0.25) is 0 Å². The van der Waals surface area contributed by atoms with E-state index in [2.05, 4.69) is 79.6 Å². The van der Waals surface area contributed by atoms with Gasteiger partial charge in [0.2, 0.25) is 0 Å². The summed E-state index contributed by atoms with van der Waals surface area (Å²) in [6, 6.07) is 0. The highest BCUT2D eigenvalue weighted by Gasteiger charge is 2.41. The summed E-state index contributed by atoms with van der Waals surface area (Å²) < 4.78 is 10.5. The second-order valence-corrected chi connectivity index (χ2v) is 15.2. The molecule has 0 amide bonds. The van der Waals surface area contributed by atoms with Gasteiger partial charge in [0.25, 0.3) is 0 Å². The van der Waals surface area contributed by atoms with E-state index in [1.54, 1.807) is 0 Å². The van der Waals surface area contributed by atoms with Crippen molar-refractivity contribution < 1.29 is 9.47 Å². The van der Waals surface area contributed by atoms with Crippen LogP contribution in [0.25, 0.3) is 0 Å². The van der Waals surface area contributed by atoms with Crippen molar-refractivity contribution in [2.24, 2.45) is 0 Å². The summed E-state index contributed by atoms with van der Waals surface area (Å²) in [6.07, 6.45) is 7.94. The molecule has 0 aromatic rings. The monoisotopic (exact) mass is 590 g/mol. The molecule has 0 N–H and O–H groups in total. The number of hydrogen-bond acceptors (Lipinski definition) is 2. The fourth-order valence-corrected chi connectivity index (χ4v) is 2.99. The molecule has 1 aliphatic rings. The maximum absolute atomic E-state index is 5.64. The minimum atomic E-state index is -0.330. The SMILES string of the molecule is BrC(Br)(Br)C(Br)(Br)CCCCCCOC1CCCO1. The molecule has 0 aromatic heterocycles. The normalized spacial score (nSPS) is 21.0. The zero-order chi connectivity index (χ0) is 14.4. The van der Waals surface area contributed by atoms with Gasteiger partial charge in [0.05, 0.1) is 0 Å². The third kappa shape index (κ3) is 7.93. The van der Waals surface area contributed by atoms with Crippen molar-refractivity contribution >= 4 is 79.6 Å². The topological polar surface area (TPSA) is 18.5 Å². The Balaban J connectivity index is 1.96. The second kappa shape index (κ2) is 9.46. The van der Waals surface area contributed by atoms with E-state index in [1.807, 2.05) is 0 Å². The number of alkyl halides is 5. The molecule has 1 atom stereocenters. The quantitative estimate of drug-likeness (QED) is 0.239. The Bertz CT molecular complexity index is 249. The van der Waals surface area contributed by atoms with Crippen LogP contribution in [-0.2, 0) is 9.47 Å². The standard InChI is InChI=1S/C12H19Br5O2/c13-11(14,12(15,16)17)7-3-1-2-4-8-18-10-6-5-9-19-10/h10H,1-9H2. The fourth-order valence-electron chi connectivity index (χ4n) is 1.84. The Labute approximate surface area is 157 Å². The highest BCUT2D eigenvalue weighted by atomic mass is 80.0. The first kappa shape index (κ1) is 19.4. The highest BCUT2D eigenvalue weighted by molar-refractivity contribution is 9.41. The van der Waals surface area contributed by atoms with Crippen molar-refractivity contribution in [3.05, 3.63) is 0 Å². The van der Waals surface area contributed by atoms with Crippen molar-refractivity contribution in [2.75, 3.05) is 13.2 Å². The summed E-state index contributed by atoms with van der Waals surface area (Å²) in [5, 5.41) is 0. The third-order valence-corrected chi connectivity index (χ3v) is 10.2. The van der Waals surface area contributed by atoms with Crippen LogP contribution in [0.1, 0.15) is 44.9 Å². The molecule has 19 heavy (non-hydrogen) atoms. The largest absolute Gasteiger partial charge is 0.353 e. The Morgan fingerprint density at radius 2 is 1.68 bits per heavy atom. The molecule has 0 saturated carbocycles. The van der Waals surface area contributed by atoms with Gasteiger partial charge in [-0.1, -0.05) is 98.9 Å². The summed E-state index contributed by atoms with van der Waals surface area (Å²) in [5.74, 6) is 0. The molecular weight excluding hydrogens is 576 g/mol. The predicted molar refractivity (Wildman–Crippen MR) is 98.1 cm³/mol. The maximum Gasteiger partial charge on any atom is 0.159 e. The minimum absolute atomic E-state index is 0.0635. The van der Waals surface area contributed by atoms with Gasteiger partial charge in [-0.25, -0.2) is 0 Å². The van der Waals surface area contributed by atoms with E-state index in [1.165, 1.54) is 12.8 Å². The average molecular weight is 595 g/mol. The fraction of sp³-hybridized carbons (Fsp3) is 1.00. The number of rotatable bonds is 8. The number of unbranched alkanes of at least 4 members (excludes halogenated alkanes) is 3. The predicted octanol–water partition coefficient (Wildman–Crippen LogP) is 6.41. The van der Waals surface area contributed by atoms with Gasteiger partial charge in [-0.05, 0) is 19.3 Å². The Hall–Kier alpha value is 2.32. The van der Waals surface area contributed by atoms with E-state index in [-0.39, 0.29) is 11.7 Å². The Morgan fingerprint density at radius 3 is 2.26 bits per heavy atom. The molecule has 0 bridgehead atoms. The molecule has 7 heteroatoms. The first-order valence-corrected chi connectivity index (χ1v) is 10.5. The Morgan fingerprint density at radius 1 is 1.00 bits per heavy atom. The van der Waals surface area contributed by atoms with Crippen molar-refractivity contribution in [3.63, 3.8) is 0 Å². The van der Waals surface area contributed by atoms with Gasteiger partial charge in [0, 0.05) is 19.6 Å². The van der Waals surface area contributed by atoms with Gasteiger partial charge in [0.1, 0.15) is 3.23 Å². The van der Waals surface area contributed by atoms with E-state index in [0.29, 0.717) is 0 Å². The van der Waals surface area contributed by atoms with Crippen LogP contribution in [0.3, 0.4) is 0 Å². The molecule has 1 fully saturated rings. The smallest absolute Gasteiger partial charge is 0.159 e. The van der Waals surface area contributed by atoms with Crippen LogP contribution in [-0.4, -0.2) is 24.9 Å². The molecule has 0 spiro atoms. The van der Waals surface area contributed by atoms with Gasteiger partial charge in [-0.15, -0.1) is 0 Å². The first-order chi connectivity index (χ1) is 8.83. The zero-order valence-electron chi connectivity index (χ0n) is 10.6. The second-order valence-electron chi connectivity index (χ2n) is 4.68. The highest BCUT2D eigenvalue weighted by Crippen LogP contribution is 2.55. The van der Waals surface area contributed by atoms with Crippen molar-refractivity contribution in [2.45, 2.75) is 56.6 Å².